The lowest BCUT2D eigenvalue weighted by molar-refractivity contribution is 0.319. The van der Waals surface area contributed by atoms with Crippen LogP contribution >= 0.6 is 11.6 Å². The van der Waals surface area contributed by atoms with Crippen LogP contribution in [-0.4, -0.2) is 20.7 Å². The van der Waals surface area contributed by atoms with Crippen LogP contribution in [-0.2, 0) is 0 Å². The Labute approximate surface area is 133 Å². The van der Waals surface area contributed by atoms with E-state index in [1.807, 2.05) is 67.6 Å². The zero-order valence-corrected chi connectivity index (χ0v) is 12.7. The Balaban J connectivity index is 2.15. The van der Waals surface area contributed by atoms with Crippen molar-refractivity contribution in [2.45, 2.75) is 6.92 Å². The quantitative estimate of drug-likeness (QED) is 0.450. The minimum Gasteiger partial charge on any atom is -0.410 e. The number of halogens is 1. The van der Waals surface area contributed by atoms with Gasteiger partial charge in [-0.25, -0.2) is 4.68 Å². The maximum atomic E-state index is 9.45. The van der Waals surface area contributed by atoms with Crippen LogP contribution in [0.3, 0.4) is 0 Å². The van der Waals surface area contributed by atoms with E-state index >= 15 is 0 Å². The van der Waals surface area contributed by atoms with Gasteiger partial charge in [0.05, 0.1) is 16.9 Å². The summed E-state index contributed by atoms with van der Waals surface area (Å²) < 4.78 is 1.64. The van der Waals surface area contributed by atoms with Gasteiger partial charge in [0.1, 0.15) is 10.9 Å². The molecule has 0 spiro atoms. The molecule has 5 heteroatoms. The van der Waals surface area contributed by atoms with Crippen molar-refractivity contribution in [1.29, 1.82) is 0 Å². The van der Waals surface area contributed by atoms with Crippen molar-refractivity contribution in [2.75, 3.05) is 0 Å². The Kier molecular flexibility index (Phi) is 3.94. The lowest BCUT2D eigenvalue weighted by atomic mass is 10.0. The number of aryl methyl sites for hydroxylation is 1. The summed E-state index contributed by atoms with van der Waals surface area (Å²) in [5, 5.41) is 17.8. The van der Waals surface area contributed by atoms with E-state index in [2.05, 4.69) is 10.3 Å². The molecule has 0 unspecified atom stereocenters. The highest BCUT2D eigenvalue weighted by Gasteiger charge is 2.21. The molecule has 0 aliphatic rings. The minimum absolute atomic E-state index is 0.408. The van der Waals surface area contributed by atoms with Gasteiger partial charge in [-0.05, 0) is 19.1 Å². The molecule has 2 aromatic carbocycles. The van der Waals surface area contributed by atoms with Gasteiger partial charge in [-0.15, -0.1) is 0 Å². The van der Waals surface area contributed by atoms with Crippen LogP contribution < -0.4 is 0 Å². The van der Waals surface area contributed by atoms with Gasteiger partial charge in [0.25, 0.3) is 0 Å². The molecule has 0 saturated heterocycles. The number of hydrogen-bond donors (Lipinski definition) is 1. The Bertz CT molecular complexity index is 811. The largest absolute Gasteiger partial charge is 0.410 e. The zero-order chi connectivity index (χ0) is 15.5. The topological polar surface area (TPSA) is 50.4 Å². The molecule has 0 aliphatic carbocycles. The molecule has 0 bridgehead atoms. The molecule has 0 fully saturated rings. The maximum absolute atomic E-state index is 9.45. The number of rotatable bonds is 3. The third kappa shape index (κ3) is 2.49. The second-order valence-corrected chi connectivity index (χ2v) is 5.17. The van der Waals surface area contributed by atoms with Gasteiger partial charge in [0, 0.05) is 5.56 Å². The number of aromatic nitrogens is 2. The van der Waals surface area contributed by atoms with E-state index in [-0.39, 0.29) is 0 Å². The molecule has 22 heavy (non-hydrogen) atoms. The van der Waals surface area contributed by atoms with Gasteiger partial charge < -0.3 is 5.21 Å². The highest BCUT2D eigenvalue weighted by molar-refractivity contribution is 6.35. The summed E-state index contributed by atoms with van der Waals surface area (Å²) in [5.41, 5.74) is 3.37. The fraction of sp³-hybridized carbons (Fsp3) is 0.0588. The SMILES string of the molecule is Cc1nn(-c2ccccc2)c(Cl)c1/C(=N/O)c1ccccc1. The molecular weight excluding hydrogens is 298 g/mol. The molecule has 0 radical (unpaired) electrons. The smallest absolute Gasteiger partial charge is 0.142 e. The molecule has 0 aliphatic heterocycles. The molecule has 1 aromatic heterocycles. The van der Waals surface area contributed by atoms with Gasteiger partial charge in [0.2, 0.25) is 0 Å². The van der Waals surface area contributed by atoms with Crippen molar-refractivity contribution >= 4 is 17.3 Å². The van der Waals surface area contributed by atoms with Crippen molar-refractivity contribution in [3.8, 4) is 5.69 Å². The second kappa shape index (κ2) is 6.03. The molecule has 0 amide bonds. The summed E-state index contributed by atoms with van der Waals surface area (Å²) in [6.07, 6.45) is 0. The average Bonchev–Trinajstić information content (AvgIpc) is 2.86. The number of benzene rings is 2. The molecule has 1 N–H and O–H groups in total. The predicted octanol–water partition coefficient (Wildman–Crippen LogP) is 4.06. The summed E-state index contributed by atoms with van der Waals surface area (Å²) in [6, 6.07) is 19.0. The molecule has 0 saturated carbocycles. The third-order valence-electron chi connectivity index (χ3n) is 3.39. The van der Waals surface area contributed by atoms with E-state index in [1.165, 1.54) is 0 Å². The fourth-order valence-corrected chi connectivity index (χ4v) is 2.72. The van der Waals surface area contributed by atoms with Gasteiger partial charge in [-0.1, -0.05) is 65.3 Å². The van der Waals surface area contributed by atoms with Crippen LogP contribution in [0.1, 0.15) is 16.8 Å². The van der Waals surface area contributed by atoms with Crippen molar-refractivity contribution in [1.82, 2.24) is 9.78 Å². The molecule has 3 aromatic rings. The minimum atomic E-state index is 0.408. The number of para-hydroxylation sites is 1. The van der Waals surface area contributed by atoms with Crippen molar-refractivity contribution in [3.63, 3.8) is 0 Å². The van der Waals surface area contributed by atoms with Crippen LogP contribution in [0.4, 0.5) is 0 Å². The first kappa shape index (κ1) is 14.4. The monoisotopic (exact) mass is 311 g/mol. The first-order chi connectivity index (χ1) is 10.7. The number of oxime groups is 1. The van der Waals surface area contributed by atoms with E-state index in [1.54, 1.807) is 4.68 Å². The van der Waals surface area contributed by atoms with Crippen LogP contribution in [0, 0.1) is 6.92 Å². The lowest BCUT2D eigenvalue weighted by Crippen LogP contribution is -2.05. The third-order valence-corrected chi connectivity index (χ3v) is 3.74. The molecule has 3 rings (SSSR count). The first-order valence-corrected chi connectivity index (χ1v) is 7.18. The van der Waals surface area contributed by atoms with Gasteiger partial charge in [-0.3, -0.25) is 0 Å². The summed E-state index contributed by atoms with van der Waals surface area (Å²) in [5.74, 6) is 0. The Hall–Kier alpha value is -2.59. The molecule has 1 heterocycles. The Morgan fingerprint density at radius 3 is 2.23 bits per heavy atom. The predicted molar refractivity (Wildman–Crippen MR) is 87.2 cm³/mol. The second-order valence-electron chi connectivity index (χ2n) is 4.81. The normalized spacial score (nSPS) is 11.6. The maximum Gasteiger partial charge on any atom is 0.142 e. The van der Waals surface area contributed by atoms with Crippen LogP contribution in [0.2, 0.25) is 5.15 Å². The zero-order valence-electron chi connectivity index (χ0n) is 11.9. The van der Waals surface area contributed by atoms with E-state index in [0.29, 0.717) is 22.1 Å². The molecular formula is C17H14ClN3O. The number of hydrogen-bond acceptors (Lipinski definition) is 3. The van der Waals surface area contributed by atoms with E-state index < -0.39 is 0 Å². The lowest BCUT2D eigenvalue weighted by Gasteiger charge is -2.05. The van der Waals surface area contributed by atoms with Crippen LogP contribution in [0.5, 0.6) is 0 Å². The average molecular weight is 312 g/mol. The number of nitrogens with zero attached hydrogens (tertiary/aromatic N) is 3. The summed E-state index contributed by atoms with van der Waals surface area (Å²) >= 11 is 6.50. The Morgan fingerprint density at radius 1 is 1.05 bits per heavy atom. The molecule has 110 valence electrons. The van der Waals surface area contributed by atoms with Crippen LogP contribution in [0.25, 0.3) is 5.69 Å². The summed E-state index contributed by atoms with van der Waals surface area (Å²) in [4.78, 5) is 0. The van der Waals surface area contributed by atoms with Gasteiger partial charge >= 0.3 is 0 Å². The highest BCUT2D eigenvalue weighted by Crippen LogP contribution is 2.26. The molecule has 4 nitrogen and oxygen atoms in total. The summed E-state index contributed by atoms with van der Waals surface area (Å²) in [7, 11) is 0. The molecule has 0 atom stereocenters. The standard InChI is InChI=1S/C17H14ClN3O/c1-12-15(16(20-22)13-8-4-2-5-9-13)17(18)21(19-12)14-10-6-3-7-11-14/h2-11,22H,1H3/b20-16+. The summed E-state index contributed by atoms with van der Waals surface area (Å²) in [6.45, 7) is 1.84. The van der Waals surface area contributed by atoms with Crippen molar-refractivity contribution in [3.05, 3.63) is 82.6 Å². The Morgan fingerprint density at radius 2 is 1.64 bits per heavy atom. The van der Waals surface area contributed by atoms with E-state index in [0.717, 1.165) is 11.3 Å². The van der Waals surface area contributed by atoms with Crippen LogP contribution in [0.15, 0.2) is 65.8 Å². The van der Waals surface area contributed by atoms with E-state index in [4.69, 9.17) is 11.6 Å². The van der Waals surface area contributed by atoms with E-state index in [9.17, 15) is 5.21 Å². The fourth-order valence-electron chi connectivity index (χ4n) is 2.36. The highest BCUT2D eigenvalue weighted by atomic mass is 35.5. The van der Waals surface area contributed by atoms with Gasteiger partial charge in [0.15, 0.2) is 0 Å². The first-order valence-electron chi connectivity index (χ1n) is 6.80. The van der Waals surface area contributed by atoms with Crippen molar-refractivity contribution in [2.24, 2.45) is 5.16 Å². The van der Waals surface area contributed by atoms with Gasteiger partial charge in [-0.2, -0.15) is 5.10 Å². The van der Waals surface area contributed by atoms with Crippen molar-refractivity contribution < 1.29 is 5.21 Å².